The van der Waals surface area contributed by atoms with E-state index in [-0.39, 0.29) is 12.5 Å². The van der Waals surface area contributed by atoms with Crippen molar-refractivity contribution in [2.45, 2.75) is 52.0 Å². The highest BCUT2D eigenvalue weighted by molar-refractivity contribution is 5.91. The lowest BCUT2D eigenvalue weighted by Gasteiger charge is -2.33. The SMILES string of the molecule is CCCC(OC(=O)/C=C/C(=O)OC(CCC)N1CCOCC1)N1CCOCC1. The van der Waals surface area contributed by atoms with Crippen LogP contribution in [0.1, 0.15) is 39.5 Å². The van der Waals surface area contributed by atoms with E-state index in [1.54, 1.807) is 0 Å². The Morgan fingerprint density at radius 1 is 0.786 bits per heavy atom. The second-order valence-electron chi connectivity index (χ2n) is 6.99. The summed E-state index contributed by atoms with van der Waals surface area (Å²) in [6.07, 6.45) is 5.05. The Labute approximate surface area is 167 Å². The van der Waals surface area contributed by atoms with E-state index in [0.717, 1.165) is 64.0 Å². The second kappa shape index (κ2) is 12.9. The molecule has 0 aliphatic carbocycles. The third kappa shape index (κ3) is 7.87. The molecule has 2 rings (SSSR count). The van der Waals surface area contributed by atoms with Gasteiger partial charge in [0.1, 0.15) is 0 Å². The lowest BCUT2D eigenvalue weighted by molar-refractivity contribution is -0.161. The van der Waals surface area contributed by atoms with Gasteiger partial charge in [0.25, 0.3) is 0 Å². The minimum Gasteiger partial charge on any atom is -0.443 e. The molecule has 2 saturated heterocycles. The van der Waals surface area contributed by atoms with Gasteiger partial charge in [-0.2, -0.15) is 0 Å². The molecular weight excluding hydrogens is 364 g/mol. The summed E-state index contributed by atoms with van der Waals surface area (Å²) in [5.41, 5.74) is 0. The van der Waals surface area contributed by atoms with Gasteiger partial charge in [-0.25, -0.2) is 9.59 Å². The summed E-state index contributed by atoms with van der Waals surface area (Å²) in [7, 11) is 0. The van der Waals surface area contributed by atoms with Crippen LogP contribution in [0.15, 0.2) is 12.2 Å². The summed E-state index contributed by atoms with van der Waals surface area (Å²) < 4.78 is 21.8. The second-order valence-corrected chi connectivity index (χ2v) is 6.99. The molecule has 0 aromatic heterocycles. The number of hydrogen-bond acceptors (Lipinski definition) is 8. The van der Waals surface area contributed by atoms with Crippen LogP contribution in [0.3, 0.4) is 0 Å². The van der Waals surface area contributed by atoms with Crippen molar-refractivity contribution in [3.05, 3.63) is 12.2 Å². The van der Waals surface area contributed by atoms with Crippen LogP contribution in [0.5, 0.6) is 0 Å². The predicted octanol–water partition coefficient (Wildman–Crippen LogP) is 1.55. The van der Waals surface area contributed by atoms with Gasteiger partial charge in [-0.05, 0) is 12.8 Å². The van der Waals surface area contributed by atoms with Crippen LogP contribution >= 0.6 is 0 Å². The van der Waals surface area contributed by atoms with Crippen molar-refractivity contribution in [1.82, 2.24) is 9.80 Å². The average molecular weight is 399 g/mol. The van der Waals surface area contributed by atoms with Gasteiger partial charge in [0.05, 0.1) is 26.4 Å². The fraction of sp³-hybridized carbons (Fsp3) is 0.800. The summed E-state index contributed by atoms with van der Waals surface area (Å²) in [5, 5.41) is 0. The highest BCUT2D eigenvalue weighted by atomic mass is 16.6. The maximum absolute atomic E-state index is 12.2. The largest absolute Gasteiger partial charge is 0.443 e. The molecule has 0 N–H and O–H groups in total. The van der Waals surface area contributed by atoms with Crippen LogP contribution in [-0.4, -0.2) is 86.8 Å². The number of carbonyl (C=O) groups excluding carboxylic acids is 2. The Morgan fingerprint density at radius 2 is 1.14 bits per heavy atom. The number of carbonyl (C=O) groups is 2. The minimum atomic E-state index is -0.527. The lowest BCUT2D eigenvalue weighted by Crippen LogP contribution is -2.45. The first-order valence-electron chi connectivity index (χ1n) is 10.4. The van der Waals surface area contributed by atoms with Crippen molar-refractivity contribution >= 4 is 11.9 Å². The van der Waals surface area contributed by atoms with Crippen molar-refractivity contribution < 1.29 is 28.5 Å². The van der Waals surface area contributed by atoms with Crippen LogP contribution in [0, 0.1) is 0 Å². The Kier molecular flexibility index (Phi) is 10.5. The summed E-state index contributed by atoms with van der Waals surface area (Å²) in [4.78, 5) is 28.6. The number of nitrogens with zero attached hydrogens (tertiary/aromatic N) is 2. The average Bonchev–Trinajstić information content (AvgIpc) is 2.73. The molecule has 0 aromatic carbocycles. The van der Waals surface area contributed by atoms with Crippen LogP contribution in [0.4, 0.5) is 0 Å². The maximum Gasteiger partial charge on any atom is 0.332 e. The molecule has 2 atom stereocenters. The quantitative estimate of drug-likeness (QED) is 0.405. The van der Waals surface area contributed by atoms with E-state index < -0.39 is 11.9 Å². The van der Waals surface area contributed by atoms with Gasteiger partial charge < -0.3 is 18.9 Å². The molecule has 2 fully saturated rings. The van der Waals surface area contributed by atoms with Gasteiger partial charge >= 0.3 is 11.9 Å². The highest BCUT2D eigenvalue weighted by Gasteiger charge is 2.24. The Balaban J connectivity index is 1.83. The molecule has 2 unspecified atom stereocenters. The summed E-state index contributed by atoms with van der Waals surface area (Å²) >= 11 is 0. The van der Waals surface area contributed by atoms with E-state index in [9.17, 15) is 9.59 Å². The zero-order valence-electron chi connectivity index (χ0n) is 17.1. The maximum atomic E-state index is 12.2. The van der Waals surface area contributed by atoms with E-state index >= 15 is 0 Å². The van der Waals surface area contributed by atoms with Crippen LogP contribution in [-0.2, 0) is 28.5 Å². The Morgan fingerprint density at radius 3 is 1.46 bits per heavy atom. The molecular formula is C20H34N2O6. The molecule has 160 valence electrons. The lowest BCUT2D eigenvalue weighted by atomic mass is 10.2. The molecule has 2 aliphatic rings. The summed E-state index contributed by atoms with van der Waals surface area (Å²) in [6, 6.07) is 0. The fourth-order valence-corrected chi connectivity index (χ4v) is 3.34. The van der Waals surface area contributed by atoms with Gasteiger partial charge in [0, 0.05) is 38.3 Å². The van der Waals surface area contributed by atoms with E-state index in [1.807, 2.05) is 13.8 Å². The fourth-order valence-electron chi connectivity index (χ4n) is 3.34. The molecule has 2 heterocycles. The molecule has 28 heavy (non-hydrogen) atoms. The third-order valence-electron chi connectivity index (χ3n) is 4.84. The first-order chi connectivity index (χ1) is 13.6. The van der Waals surface area contributed by atoms with Crippen molar-refractivity contribution in [2.24, 2.45) is 0 Å². The van der Waals surface area contributed by atoms with Crippen molar-refractivity contribution in [3.8, 4) is 0 Å². The first kappa shape index (κ1) is 22.8. The molecule has 0 aromatic rings. The van der Waals surface area contributed by atoms with E-state index in [0.29, 0.717) is 26.4 Å². The molecule has 0 spiro atoms. The number of rotatable bonds is 10. The van der Waals surface area contributed by atoms with Gasteiger partial charge in [0.15, 0.2) is 12.5 Å². The molecule has 0 bridgehead atoms. The van der Waals surface area contributed by atoms with Crippen LogP contribution < -0.4 is 0 Å². The topological polar surface area (TPSA) is 77.5 Å². The van der Waals surface area contributed by atoms with E-state index in [2.05, 4.69) is 9.80 Å². The molecule has 0 radical (unpaired) electrons. The number of morpholine rings is 2. The van der Waals surface area contributed by atoms with Crippen LogP contribution in [0.25, 0.3) is 0 Å². The monoisotopic (exact) mass is 398 g/mol. The van der Waals surface area contributed by atoms with Crippen molar-refractivity contribution in [2.75, 3.05) is 52.6 Å². The van der Waals surface area contributed by atoms with Crippen molar-refractivity contribution in [1.29, 1.82) is 0 Å². The van der Waals surface area contributed by atoms with Gasteiger partial charge in [-0.1, -0.05) is 26.7 Å². The number of hydrogen-bond donors (Lipinski definition) is 0. The summed E-state index contributed by atoms with van der Waals surface area (Å²) in [5.74, 6) is -1.05. The third-order valence-corrected chi connectivity index (χ3v) is 4.84. The van der Waals surface area contributed by atoms with E-state index in [4.69, 9.17) is 18.9 Å². The van der Waals surface area contributed by atoms with Gasteiger partial charge in [-0.15, -0.1) is 0 Å². The van der Waals surface area contributed by atoms with Gasteiger partial charge in [0.2, 0.25) is 0 Å². The Bertz CT molecular complexity index is 457. The number of esters is 2. The Hall–Kier alpha value is -1.48. The van der Waals surface area contributed by atoms with Crippen molar-refractivity contribution in [3.63, 3.8) is 0 Å². The first-order valence-corrected chi connectivity index (χ1v) is 10.4. The smallest absolute Gasteiger partial charge is 0.332 e. The minimum absolute atomic E-state index is 0.289. The molecule has 0 amide bonds. The molecule has 8 nitrogen and oxygen atoms in total. The highest BCUT2D eigenvalue weighted by Crippen LogP contribution is 2.13. The zero-order valence-corrected chi connectivity index (χ0v) is 17.1. The normalized spacial score (nSPS) is 21.4. The molecule has 0 saturated carbocycles. The van der Waals surface area contributed by atoms with Gasteiger partial charge in [-0.3, -0.25) is 9.80 Å². The zero-order chi connectivity index (χ0) is 20.2. The summed E-state index contributed by atoms with van der Waals surface area (Å²) in [6.45, 7) is 9.61. The standard InChI is InChI=1S/C20H34N2O6/c1-3-5-17(21-9-13-25-14-10-21)27-19(23)7-8-20(24)28-18(6-4-2)22-11-15-26-16-12-22/h7-8,17-18H,3-6,9-16H2,1-2H3/b8-7+. The predicted molar refractivity (Wildman–Crippen MR) is 104 cm³/mol. The molecule has 2 aliphatic heterocycles. The van der Waals surface area contributed by atoms with E-state index in [1.165, 1.54) is 0 Å². The number of ether oxygens (including phenoxy) is 4. The molecule has 8 heteroatoms. The van der Waals surface area contributed by atoms with Crippen LogP contribution in [0.2, 0.25) is 0 Å².